The normalized spacial score (nSPS) is 12.3. The fourth-order valence-electron chi connectivity index (χ4n) is 1.94. The minimum Gasteiger partial charge on any atom is -0.508 e. The maximum atomic E-state index is 9.22. The van der Waals surface area contributed by atoms with Gasteiger partial charge in [-0.25, -0.2) is 0 Å². The number of phenolic OH excluding ortho intramolecular Hbond substituents is 1. The average Bonchev–Trinajstić information content (AvgIpc) is 2.38. The van der Waals surface area contributed by atoms with E-state index in [9.17, 15) is 5.11 Å². The van der Waals surface area contributed by atoms with Gasteiger partial charge >= 0.3 is 0 Å². The quantitative estimate of drug-likeness (QED) is 0.858. The summed E-state index contributed by atoms with van der Waals surface area (Å²) in [6, 6.07) is 16.2. The predicted molar refractivity (Wildman–Crippen MR) is 74.5 cm³/mol. The minimum absolute atomic E-state index is 0.311. The zero-order valence-electron chi connectivity index (χ0n) is 10.9. The van der Waals surface area contributed by atoms with Crippen molar-refractivity contribution in [3.63, 3.8) is 0 Å². The molecule has 2 heteroatoms. The molecule has 94 valence electrons. The number of aromatic hydroxyl groups is 1. The summed E-state index contributed by atoms with van der Waals surface area (Å²) in [6.45, 7) is 5.07. The number of aryl methyl sites for hydroxylation is 1. The van der Waals surface area contributed by atoms with Crippen LogP contribution in [-0.4, -0.2) is 5.11 Å². The standard InChI is InChI=1S/C16H19NO/c1-12-4-3-5-15(10-12)13(2)17-11-14-6-8-16(18)9-7-14/h3-10,13,17-18H,11H2,1-2H3/t13-/m0/s1. The third-order valence-corrected chi connectivity index (χ3v) is 3.09. The van der Waals surface area contributed by atoms with Gasteiger partial charge in [-0.15, -0.1) is 0 Å². The summed E-state index contributed by atoms with van der Waals surface area (Å²) in [6.07, 6.45) is 0. The first-order valence-electron chi connectivity index (χ1n) is 6.23. The lowest BCUT2D eigenvalue weighted by atomic mass is 10.1. The molecular formula is C16H19NO. The first kappa shape index (κ1) is 12.7. The Bertz CT molecular complexity index is 505. The van der Waals surface area contributed by atoms with Gasteiger partial charge in [0, 0.05) is 12.6 Å². The monoisotopic (exact) mass is 241 g/mol. The summed E-state index contributed by atoms with van der Waals surface area (Å²) in [5.41, 5.74) is 3.76. The van der Waals surface area contributed by atoms with Gasteiger partial charge in [0.25, 0.3) is 0 Å². The molecule has 2 rings (SSSR count). The smallest absolute Gasteiger partial charge is 0.115 e. The highest BCUT2D eigenvalue weighted by atomic mass is 16.3. The van der Waals surface area contributed by atoms with E-state index in [-0.39, 0.29) is 0 Å². The van der Waals surface area contributed by atoms with Crippen LogP contribution >= 0.6 is 0 Å². The van der Waals surface area contributed by atoms with Crippen molar-refractivity contribution < 1.29 is 5.11 Å². The molecule has 0 spiro atoms. The number of rotatable bonds is 4. The maximum absolute atomic E-state index is 9.22. The van der Waals surface area contributed by atoms with E-state index >= 15 is 0 Å². The van der Waals surface area contributed by atoms with Gasteiger partial charge in [0.1, 0.15) is 5.75 Å². The van der Waals surface area contributed by atoms with Crippen LogP contribution < -0.4 is 5.32 Å². The highest BCUT2D eigenvalue weighted by Gasteiger charge is 2.04. The molecule has 0 unspecified atom stereocenters. The van der Waals surface area contributed by atoms with Crippen LogP contribution in [0.4, 0.5) is 0 Å². The third kappa shape index (κ3) is 3.34. The van der Waals surface area contributed by atoms with E-state index in [1.165, 1.54) is 16.7 Å². The Morgan fingerprint density at radius 1 is 1.11 bits per heavy atom. The number of hydrogen-bond acceptors (Lipinski definition) is 2. The first-order chi connectivity index (χ1) is 8.65. The van der Waals surface area contributed by atoms with Crippen LogP contribution in [0.25, 0.3) is 0 Å². The first-order valence-corrected chi connectivity index (χ1v) is 6.23. The van der Waals surface area contributed by atoms with Crippen molar-refractivity contribution in [1.82, 2.24) is 5.32 Å². The second-order valence-electron chi connectivity index (χ2n) is 4.68. The second-order valence-corrected chi connectivity index (χ2v) is 4.68. The summed E-state index contributed by atoms with van der Waals surface area (Å²) in [7, 11) is 0. The van der Waals surface area contributed by atoms with E-state index in [4.69, 9.17) is 0 Å². The Morgan fingerprint density at radius 3 is 2.50 bits per heavy atom. The molecule has 0 radical (unpaired) electrons. The summed E-state index contributed by atoms with van der Waals surface area (Å²) < 4.78 is 0. The molecule has 0 fully saturated rings. The van der Waals surface area contributed by atoms with Crippen molar-refractivity contribution in [2.24, 2.45) is 0 Å². The lowest BCUT2D eigenvalue weighted by molar-refractivity contribution is 0.474. The summed E-state index contributed by atoms with van der Waals surface area (Å²) in [5, 5.41) is 12.7. The molecule has 2 N–H and O–H groups in total. The Kier molecular flexibility index (Phi) is 4.00. The minimum atomic E-state index is 0.311. The largest absolute Gasteiger partial charge is 0.508 e. The Morgan fingerprint density at radius 2 is 1.83 bits per heavy atom. The molecule has 0 aliphatic rings. The van der Waals surface area contributed by atoms with Crippen molar-refractivity contribution in [2.45, 2.75) is 26.4 Å². The van der Waals surface area contributed by atoms with E-state index in [2.05, 4.69) is 43.4 Å². The van der Waals surface area contributed by atoms with E-state index in [1.54, 1.807) is 12.1 Å². The SMILES string of the molecule is Cc1cccc([C@H](C)NCc2ccc(O)cc2)c1. The van der Waals surface area contributed by atoms with Gasteiger partial charge in [-0.1, -0.05) is 42.0 Å². The van der Waals surface area contributed by atoms with Crippen LogP contribution in [0.5, 0.6) is 5.75 Å². The molecule has 0 heterocycles. The summed E-state index contributed by atoms with van der Waals surface area (Å²) >= 11 is 0. The van der Waals surface area contributed by atoms with Crippen molar-refractivity contribution >= 4 is 0 Å². The molecule has 0 bridgehead atoms. The van der Waals surface area contributed by atoms with Gasteiger partial charge in [0.05, 0.1) is 0 Å². The highest BCUT2D eigenvalue weighted by molar-refractivity contribution is 5.27. The number of benzene rings is 2. The second kappa shape index (κ2) is 5.69. The van der Waals surface area contributed by atoms with Crippen molar-refractivity contribution in [2.75, 3.05) is 0 Å². The number of phenols is 1. The molecular weight excluding hydrogens is 222 g/mol. The third-order valence-electron chi connectivity index (χ3n) is 3.09. The van der Waals surface area contributed by atoms with E-state index in [0.717, 1.165) is 6.54 Å². The summed E-state index contributed by atoms with van der Waals surface area (Å²) in [4.78, 5) is 0. The molecule has 2 aromatic carbocycles. The molecule has 0 aliphatic heterocycles. The zero-order chi connectivity index (χ0) is 13.0. The van der Waals surface area contributed by atoms with Gasteiger partial charge < -0.3 is 10.4 Å². The van der Waals surface area contributed by atoms with Crippen LogP contribution in [0.2, 0.25) is 0 Å². The zero-order valence-corrected chi connectivity index (χ0v) is 10.9. The Balaban J connectivity index is 1.96. The van der Waals surface area contributed by atoms with Crippen LogP contribution in [0.15, 0.2) is 48.5 Å². The molecule has 0 aromatic heterocycles. The highest BCUT2D eigenvalue weighted by Crippen LogP contribution is 2.15. The van der Waals surface area contributed by atoms with Crippen molar-refractivity contribution in [3.8, 4) is 5.75 Å². The van der Waals surface area contributed by atoms with Gasteiger partial charge in [0.2, 0.25) is 0 Å². The molecule has 18 heavy (non-hydrogen) atoms. The van der Waals surface area contributed by atoms with E-state index in [1.807, 2.05) is 12.1 Å². The van der Waals surface area contributed by atoms with Crippen molar-refractivity contribution in [3.05, 3.63) is 65.2 Å². The predicted octanol–water partition coefficient (Wildman–Crippen LogP) is 3.55. The number of hydrogen-bond donors (Lipinski definition) is 2. The van der Waals surface area contributed by atoms with Gasteiger partial charge in [-0.2, -0.15) is 0 Å². The lowest BCUT2D eigenvalue weighted by Gasteiger charge is -2.15. The fraction of sp³-hybridized carbons (Fsp3) is 0.250. The molecule has 0 aliphatic carbocycles. The van der Waals surface area contributed by atoms with Crippen LogP contribution in [0.3, 0.4) is 0 Å². The molecule has 2 aromatic rings. The number of nitrogens with one attached hydrogen (secondary N) is 1. The van der Waals surface area contributed by atoms with Gasteiger partial charge in [-0.3, -0.25) is 0 Å². The fourth-order valence-corrected chi connectivity index (χ4v) is 1.94. The van der Waals surface area contributed by atoms with Gasteiger partial charge in [0.15, 0.2) is 0 Å². The van der Waals surface area contributed by atoms with E-state index in [0.29, 0.717) is 11.8 Å². The maximum Gasteiger partial charge on any atom is 0.115 e. The van der Waals surface area contributed by atoms with Crippen molar-refractivity contribution in [1.29, 1.82) is 0 Å². The molecule has 0 saturated heterocycles. The molecule has 0 amide bonds. The van der Waals surface area contributed by atoms with Crippen LogP contribution in [0.1, 0.15) is 29.7 Å². The summed E-state index contributed by atoms with van der Waals surface area (Å²) in [5.74, 6) is 0.311. The lowest BCUT2D eigenvalue weighted by Crippen LogP contribution is -2.18. The Hall–Kier alpha value is -1.80. The van der Waals surface area contributed by atoms with E-state index < -0.39 is 0 Å². The van der Waals surface area contributed by atoms with Gasteiger partial charge in [-0.05, 0) is 37.1 Å². The topological polar surface area (TPSA) is 32.3 Å². The molecule has 1 atom stereocenters. The molecule has 2 nitrogen and oxygen atoms in total. The molecule has 0 saturated carbocycles. The van der Waals surface area contributed by atoms with Crippen LogP contribution in [-0.2, 0) is 6.54 Å². The Labute approximate surface area is 108 Å². The average molecular weight is 241 g/mol. The van der Waals surface area contributed by atoms with Crippen LogP contribution in [0, 0.1) is 6.92 Å².